The SMILES string of the molecule is CCCCC(CN)NC(=O)C1CCCN(c2ncnc3sccc23)C1.Cl. The lowest BCUT2D eigenvalue weighted by molar-refractivity contribution is -0.126. The topological polar surface area (TPSA) is 84.1 Å². The first kappa shape index (κ1) is 20.9. The van der Waals surface area contributed by atoms with Crippen LogP contribution in [0.25, 0.3) is 10.2 Å². The van der Waals surface area contributed by atoms with Crippen molar-refractivity contribution < 1.29 is 4.79 Å². The molecule has 0 spiro atoms. The Bertz CT molecular complexity index is 710. The summed E-state index contributed by atoms with van der Waals surface area (Å²) in [6.07, 6.45) is 6.70. The predicted molar refractivity (Wildman–Crippen MR) is 110 cm³/mol. The monoisotopic (exact) mass is 397 g/mol. The van der Waals surface area contributed by atoms with E-state index in [0.717, 1.165) is 54.7 Å². The summed E-state index contributed by atoms with van der Waals surface area (Å²) >= 11 is 1.62. The maximum atomic E-state index is 12.7. The Kier molecular flexibility index (Phi) is 8.06. The fourth-order valence-corrected chi connectivity index (χ4v) is 4.16. The van der Waals surface area contributed by atoms with Crippen LogP contribution in [0, 0.1) is 5.92 Å². The maximum Gasteiger partial charge on any atom is 0.225 e. The smallest absolute Gasteiger partial charge is 0.225 e. The summed E-state index contributed by atoms with van der Waals surface area (Å²) in [6.45, 7) is 4.30. The average molecular weight is 398 g/mol. The highest BCUT2D eigenvalue weighted by Crippen LogP contribution is 2.30. The Labute approximate surface area is 165 Å². The van der Waals surface area contributed by atoms with Crippen molar-refractivity contribution >= 4 is 45.7 Å². The van der Waals surface area contributed by atoms with Gasteiger partial charge in [0.05, 0.1) is 11.3 Å². The van der Waals surface area contributed by atoms with Gasteiger partial charge < -0.3 is 16.0 Å². The van der Waals surface area contributed by atoms with Crippen molar-refractivity contribution in [3.8, 4) is 0 Å². The van der Waals surface area contributed by atoms with Crippen LogP contribution >= 0.6 is 23.7 Å². The molecule has 1 fully saturated rings. The number of nitrogens with one attached hydrogen (secondary N) is 1. The minimum atomic E-state index is -0.00641. The Morgan fingerprint density at radius 1 is 1.50 bits per heavy atom. The molecule has 2 atom stereocenters. The first-order valence-electron chi connectivity index (χ1n) is 9.16. The molecule has 2 aromatic rings. The van der Waals surface area contributed by atoms with Gasteiger partial charge in [0.25, 0.3) is 0 Å². The molecular formula is C18H28ClN5OS. The zero-order chi connectivity index (χ0) is 17.6. The molecule has 8 heteroatoms. The molecule has 0 radical (unpaired) electrons. The van der Waals surface area contributed by atoms with Crippen LogP contribution in [0.1, 0.15) is 39.0 Å². The van der Waals surface area contributed by atoms with Crippen LogP contribution in [-0.4, -0.2) is 41.6 Å². The third kappa shape index (κ3) is 4.84. The number of thiophene rings is 1. The van der Waals surface area contributed by atoms with Crippen LogP contribution in [0.3, 0.4) is 0 Å². The molecule has 0 aliphatic carbocycles. The lowest BCUT2D eigenvalue weighted by atomic mass is 9.96. The first-order chi connectivity index (χ1) is 12.2. The molecule has 1 saturated heterocycles. The van der Waals surface area contributed by atoms with Gasteiger partial charge in [0.2, 0.25) is 5.91 Å². The minimum absolute atomic E-state index is 0. The van der Waals surface area contributed by atoms with E-state index in [1.807, 2.05) is 5.38 Å². The van der Waals surface area contributed by atoms with Crippen LogP contribution in [0.4, 0.5) is 5.82 Å². The lowest BCUT2D eigenvalue weighted by Crippen LogP contribution is -2.48. The predicted octanol–water partition coefficient (Wildman–Crippen LogP) is 2.96. The number of unbranched alkanes of at least 4 members (excludes halogenated alkanes) is 1. The van der Waals surface area contributed by atoms with Crippen LogP contribution in [0.15, 0.2) is 17.8 Å². The lowest BCUT2D eigenvalue weighted by Gasteiger charge is -2.33. The summed E-state index contributed by atoms with van der Waals surface area (Å²) in [6, 6.07) is 2.15. The number of carbonyl (C=O) groups excluding carboxylic acids is 1. The number of nitrogens with two attached hydrogens (primary N) is 1. The molecule has 1 amide bonds. The number of hydrogen-bond acceptors (Lipinski definition) is 6. The standard InChI is InChI=1S/C18H27N5OS.ClH/c1-2-3-6-14(10-19)22-17(24)13-5-4-8-23(11-13)16-15-7-9-25-18(15)21-12-20-16;/h7,9,12-14H,2-6,8,10-11,19H2,1H3,(H,22,24);1H. The van der Waals surface area contributed by atoms with Gasteiger partial charge in [0.15, 0.2) is 0 Å². The Morgan fingerprint density at radius 2 is 2.35 bits per heavy atom. The van der Waals surface area contributed by atoms with Crippen LogP contribution in [-0.2, 0) is 4.79 Å². The van der Waals surface area contributed by atoms with E-state index in [2.05, 4.69) is 33.2 Å². The fourth-order valence-electron chi connectivity index (χ4n) is 3.43. The summed E-state index contributed by atoms with van der Waals surface area (Å²) in [5.41, 5.74) is 5.82. The summed E-state index contributed by atoms with van der Waals surface area (Å²) in [5, 5.41) is 6.27. The highest BCUT2D eigenvalue weighted by Gasteiger charge is 2.28. The number of carbonyl (C=O) groups is 1. The minimum Gasteiger partial charge on any atom is -0.355 e. The molecule has 0 saturated carbocycles. The van der Waals surface area contributed by atoms with Gasteiger partial charge in [-0.25, -0.2) is 9.97 Å². The third-order valence-corrected chi connectivity index (χ3v) is 5.69. The second kappa shape index (κ2) is 10.0. The number of halogens is 1. The highest BCUT2D eigenvalue weighted by atomic mass is 35.5. The van der Waals surface area contributed by atoms with Gasteiger partial charge >= 0.3 is 0 Å². The zero-order valence-electron chi connectivity index (χ0n) is 15.2. The molecule has 0 bridgehead atoms. The van der Waals surface area contributed by atoms with Crippen LogP contribution < -0.4 is 16.0 Å². The second-order valence-corrected chi connectivity index (χ2v) is 7.60. The van der Waals surface area contributed by atoms with Crippen LogP contribution in [0.2, 0.25) is 0 Å². The van der Waals surface area contributed by atoms with Gasteiger partial charge in [0.1, 0.15) is 17.0 Å². The normalized spacial score (nSPS) is 18.4. The van der Waals surface area contributed by atoms with E-state index in [1.54, 1.807) is 17.7 Å². The van der Waals surface area contributed by atoms with E-state index in [4.69, 9.17) is 5.73 Å². The second-order valence-electron chi connectivity index (χ2n) is 6.71. The van der Waals surface area contributed by atoms with Crippen molar-refractivity contribution in [2.24, 2.45) is 11.7 Å². The van der Waals surface area contributed by atoms with Crippen molar-refractivity contribution in [2.45, 2.75) is 45.1 Å². The van der Waals surface area contributed by atoms with Gasteiger partial charge in [0, 0.05) is 25.7 Å². The van der Waals surface area contributed by atoms with E-state index in [0.29, 0.717) is 13.1 Å². The number of piperidine rings is 1. The Morgan fingerprint density at radius 3 is 3.12 bits per heavy atom. The van der Waals surface area contributed by atoms with Crippen molar-refractivity contribution in [1.82, 2.24) is 15.3 Å². The van der Waals surface area contributed by atoms with Gasteiger partial charge in [-0.3, -0.25) is 4.79 Å². The zero-order valence-corrected chi connectivity index (χ0v) is 16.8. The molecule has 2 unspecified atom stereocenters. The third-order valence-electron chi connectivity index (χ3n) is 4.87. The number of rotatable bonds is 7. The van der Waals surface area contributed by atoms with Crippen molar-refractivity contribution in [3.63, 3.8) is 0 Å². The molecule has 1 aliphatic rings. The Hall–Kier alpha value is -1.44. The molecule has 26 heavy (non-hydrogen) atoms. The number of aromatic nitrogens is 2. The quantitative estimate of drug-likeness (QED) is 0.750. The van der Waals surface area contributed by atoms with Crippen molar-refractivity contribution in [3.05, 3.63) is 17.8 Å². The molecule has 2 aromatic heterocycles. The van der Waals surface area contributed by atoms with Gasteiger partial charge in [-0.15, -0.1) is 23.7 Å². The first-order valence-corrected chi connectivity index (χ1v) is 10.0. The molecule has 3 heterocycles. The maximum absolute atomic E-state index is 12.7. The summed E-state index contributed by atoms with van der Waals surface area (Å²) in [4.78, 5) is 24.7. The van der Waals surface area contributed by atoms with Crippen molar-refractivity contribution in [2.75, 3.05) is 24.5 Å². The fraction of sp³-hybridized carbons (Fsp3) is 0.611. The van der Waals surface area contributed by atoms with E-state index < -0.39 is 0 Å². The molecule has 6 nitrogen and oxygen atoms in total. The van der Waals surface area contributed by atoms with Gasteiger partial charge in [-0.2, -0.15) is 0 Å². The molecule has 1 aliphatic heterocycles. The number of hydrogen-bond donors (Lipinski definition) is 2. The number of amides is 1. The number of anilines is 1. The summed E-state index contributed by atoms with van der Waals surface area (Å²) in [7, 11) is 0. The van der Waals surface area contributed by atoms with E-state index in [9.17, 15) is 4.79 Å². The molecule has 3 rings (SSSR count). The summed E-state index contributed by atoms with van der Waals surface area (Å²) < 4.78 is 0. The Balaban J connectivity index is 0.00000243. The number of nitrogens with zero attached hydrogens (tertiary/aromatic N) is 3. The van der Waals surface area contributed by atoms with Crippen LogP contribution in [0.5, 0.6) is 0 Å². The molecule has 3 N–H and O–H groups in total. The largest absolute Gasteiger partial charge is 0.355 e. The number of fused-ring (bicyclic) bond motifs is 1. The average Bonchev–Trinajstić information content (AvgIpc) is 3.13. The highest BCUT2D eigenvalue weighted by molar-refractivity contribution is 7.16. The molecule has 0 aromatic carbocycles. The van der Waals surface area contributed by atoms with E-state index >= 15 is 0 Å². The van der Waals surface area contributed by atoms with Gasteiger partial charge in [-0.1, -0.05) is 19.8 Å². The van der Waals surface area contributed by atoms with E-state index in [-0.39, 0.29) is 30.3 Å². The summed E-state index contributed by atoms with van der Waals surface area (Å²) in [5.74, 6) is 1.07. The van der Waals surface area contributed by atoms with Crippen molar-refractivity contribution in [1.29, 1.82) is 0 Å². The van der Waals surface area contributed by atoms with E-state index in [1.165, 1.54) is 0 Å². The molecule has 144 valence electrons. The molecular weight excluding hydrogens is 370 g/mol. The van der Waals surface area contributed by atoms with Gasteiger partial charge in [-0.05, 0) is 30.7 Å².